The number of hydrogen-bond donors (Lipinski definition) is 1. The summed E-state index contributed by atoms with van der Waals surface area (Å²) in [6.07, 6.45) is 3.61. The van der Waals surface area contributed by atoms with Gasteiger partial charge in [-0.2, -0.15) is 0 Å². The summed E-state index contributed by atoms with van der Waals surface area (Å²) in [4.78, 5) is 27.0. The normalized spacial score (nSPS) is 15.2. The molecule has 2 aliphatic rings. The second kappa shape index (κ2) is 8.99. The number of benzene rings is 2. The molecule has 2 aromatic carbocycles. The first-order valence-electron chi connectivity index (χ1n) is 10.3. The first kappa shape index (κ1) is 19.3. The van der Waals surface area contributed by atoms with Crippen LogP contribution in [0.15, 0.2) is 42.5 Å². The van der Waals surface area contributed by atoms with Gasteiger partial charge in [-0.25, -0.2) is 0 Å². The Bertz CT molecular complexity index is 873. The first-order valence-corrected chi connectivity index (χ1v) is 10.3. The van der Waals surface area contributed by atoms with E-state index in [-0.39, 0.29) is 11.7 Å². The molecule has 0 atom stereocenters. The molecule has 0 aromatic heterocycles. The number of carbonyl (C=O) groups excluding carboxylic acids is 2. The Hall–Kier alpha value is -3.02. The van der Waals surface area contributed by atoms with Gasteiger partial charge in [-0.05, 0) is 61.7 Å². The monoisotopic (exact) mass is 394 g/mol. The lowest BCUT2D eigenvalue weighted by molar-refractivity contribution is -0.116. The molecule has 2 aromatic rings. The Morgan fingerprint density at radius 3 is 2.38 bits per heavy atom. The zero-order valence-electron chi connectivity index (χ0n) is 16.5. The summed E-state index contributed by atoms with van der Waals surface area (Å²) in [6, 6.07) is 13.2. The average Bonchev–Trinajstić information content (AvgIpc) is 3.29. The van der Waals surface area contributed by atoms with Gasteiger partial charge in [0, 0.05) is 42.9 Å². The molecule has 0 unspecified atom stereocenters. The van der Waals surface area contributed by atoms with E-state index in [9.17, 15) is 9.59 Å². The Kier molecular flexibility index (Phi) is 5.98. The molecule has 0 spiro atoms. The summed E-state index contributed by atoms with van der Waals surface area (Å²) < 4.78 is 11.0. The number of ketones is 1. The van der Waals surface area contributed by atoms with Crippen molar-refractivity contribution in [2.45, 2.75) is 32.1 Å². The van der Waals surface area contributed by atoms with E-state index in [1.165, 1.54) is 18.5 Å². The predicted molar refractivity (Wildman–Crippen MR) is 112 cm³/mol. The van der Waals surface area contributed by atoms with Gasteiger partial charge in [-0.3, -0.25) is 9.59 Å². The molecular formula is C23H26N2O4. The Morgan fingerprint density at radius 1 is 0.897 bits per heavy atom. The van der Waals surface area contributed by atoms with Crippen molar-refractivity contribution in [3.05, 3.63) is 48.0 Å². The predicted octanol–water partition coefficient (Wildman–Crippen LogP) is 4.05. The number of amides is 1. The van der Waals surface area contributed by atoms with Crippen LogP contribution >= 0.6 is 0 Å². The molecule has 0 saturated carbocycles. The third-order valence-electron chi connectivity index (χ3n) is 5.29. The van der Waals surface area contributed by atoms with Crippen molar-refractivity contribution >= 4 is 23.1 Å². The molecule has 29 heavy (non-hydrogen) atoms. The van der Waals surface area contributed by atoms with Crippen LogP contribution < -0.4 is 19.7 Å². The third kappa shape index (κ3) is 4.88. The second-order valence-corrected chi connectivity index (χ2v) is 7.42. The molecule has 0 aliphatic carbocycles. The molecule has 6 nitrogen and oxygen atoms in total. The highest BCUT2D eigenvalue weighted by Crippen LogP contribution is 2.31. The molecule has 1 amide bonds. The van der Waals surface area contributed by atoms with Gasteiger partial charge in [-0.15, -0.1) is 0 Å². The van der Waals surface area contributed by atoms with Crippen molar-refractivity contribution in [1.82, 2.24) is 0 Å². The van der Waals surface area contributed by atoms with E-state index < -0.39 is 0 Å². The number of carbonyl (C=O) groups is 2. The average molecular weight is 394 g/mol. The van der Waals surface area contributed by atoms with E-state index >= 15 is 0 Å². The summed E-state index contributed by atoms with van der Waals surface area (Å²) >= 11 is 0. The maximum atomic E-state index is 12.4. The SMILES string of the molecule is O=C(CCCC(=O)c1ccc2c(c1)OCCO2)Nc1ccc(N2CCCC2)cc1. The van der Waals surface area contributed by atoms with E-state index in [4.69, 9.17) is 9.47 Å². The molecule has 0 bridgehead atoms. The highest BCUT2D eigenvalue weighted by atomic mass is 16.6. The van der Waals surface area contributed by atoms with Crippen molar-refractivity contribution < 1.29 is 19.1 Å². The Morgan fingerprint density at radius 2 is 1.62 bits per heavy atom. The molecule has 1 fully saturated rings. The number of anilines is 2. The van der Waals surface area contributed by atoms with Crippen molar-refractivity contribution in [2.24, 2.45) is 0 Å². The lowest BCUT2D eigenvalue weighted by Crippen LogP contribution is -2.17. The topological polar surface area (TPSA) is 67.9 Å². The largest absolute Gasteiger partial charge is 0.486 e. The van der Waals surface area contributed by atoms with Crippen LogP contribution in [-0.4, -0.2) is 38.0 Å². The van der Waals surface area contributed by atoms with Gasteiger partial charge in [-0.1, -0.05) is 0 Å². The van der Waals surface area contributed by atoms with Crippen LogP contribution in [0.25, 0.3) is 0 Å². The van der Waals surface area contributed by atoms with Crippen LogP contribution in [0.3, 0.4) is 0 Å². The summed E-state index contributed by atoms with van der Waals surface area (Å²) in [6.45, 7) is 3.21. The Labute approximate surface area is 170 Å². The molecule has 6 heteroatoms. The maximum absolute atomic E-state index is 12.4. The minimum Gasteiger partial charge on any atom is -0.486 e. The highest BCUT2D eigenvalue weighted by molar-refractivity contribution is 5.97. The standard InChI is InChI=1S/C23H26N2O4/c26-20(17-6-11-21-22(16-17)29-15-14-28-21)4-3-5-23(27)24-18-7-9-19(10-8-18)25-12-1-2-13-25/h6-11,16H,1-5,12-15H2,(H,24,27). The van der Waals surface area contributed by atoms with Gasteiger partial charge in [0.1, 0.15) is 13.2 Å². The molecular weight excluding hydrogens is 368 g/mol. The maximum Gasteiger partial charge on any atom is 0.224 e. The van der Waals surface area contributed by atoms with Crippen molar-refractivity contribution in [1.29, 1.82) is 0 Å². The minimum absolute atomic E-state index is 0.00439. The second-order valence-electron chi connectivity index (χ2n) is 7.42. The fourth-order valence-electron chi connectivity index (χ4n) is 3.73. The molecule has 0 radical (unpaired) electrons. The van der Waals surface area contributed by atoms with E-state index in [1.807, 2.05) is 24.3 Å². The lowest BCUT2D eigenvalue weighted by atomic mass is 10.0. The molecule has 1 saturated heterocycles. The number of rotatable bonds is 7. The fourth-order valence-corrected chi connectivity index (χ4v) is 3.73. The molecule has 4 rings (SSSR count). The van der Waals surface area contributed by atoms with Crippen LogP contribution in [0.2, 0.25) is 0 Å². The number of hydrogen-bond acceptors (Lipinski definition) is 5. The number of nitrogens with zero attached hydrogens (tertiary/aromatic N) is 1. The van der Waals surface area contributed by atoms with E-state index in [0.717, 1.165) is 18.8 Å². The van der Waals surface area contributed by atoms with Gasteiger partial charge >= 0.3 is 0 Å². The van der Waals surface area contributed by atoms with Crippen molar-refractivity contribution in [3.63, 3.8) is 0 Å². The molecule has 1 N–H and O–H groups in total. The highest BCUT2D eigenvalue weighted by Gasteiger charge is 2.15. The first-order chi connectivity index (χ1) is 14.2. The molecule has 2 heterocycles. The summed E-state index contributed by atoms with van der Waals surface area (Å²) in [7, 11) is 0. The quantitative estimate of drug-likeness (QED) is 0.718. The van der Waals surface area contributed by atoms with Crippen LogP contribution in [0.4, 0.5) is 11.4 Å². The summed E-state index contributed by atoms with van der Waals surface area (Å²) in [5, 5.41) is 2.91. The van der Waals surface area contributed by atoms with Crippen LogP contribution in [0, 0.1) is 0 Å². The number of nitrogens with one attached hydrogen (secondary N) is 1. The van der Waals surface area contributed by atoms with Gasteiger partial charge < -0.3 is 19.7 Å². The lowest BCUT2D eigenvalue weighted by Gasteiger charge is -2.18. The fraction of sp³-hybridized carbons (Fsp3) is 0.391. The summed E-state index contributed by atoms with van der Waals surface area (Å²) in [5.74, 6) is 1.21. The van der Waals surface area contributed by atoms with Crippen LogP contribution in [0.5, 0.6) is 11.5 Å². The molecule has 2 aliphatic heterocycles. The number of ether oxygens (including phenoxy) is 2. The molecule has 152 valence electrons. The zero-order valence-corrected chi connectivity index (χ0v) is 16.5. The smallest absolute Gasteiger partial charge is 0.224 e. The van der Waals surface area contributed by atoms with E-state index in [0.29, 0.717) is 49.5 Å². The Balaban J connectivity index is 1.23. The summed E-state index contributed by atoms with van der Waals surface area (Å²) in [5.41, 5.74) is 2.58. The van der Waals surface area contributed by atoms with Gasteiger partial charge in [0.25, 0.3) is 0 Å². The van der Waals surface area contributed by atoms with E-state index in [2.05, 4.69) is 10.2 Å². The zero-order chi connectivity index (χ0) is 20.1. The van der Waals surface area contributed by atoms with E-state index in [1.54, 1.807) is 18.2 Å². The van der Waals surface area contributed by atoms with Crippen LogP contribution in [-0.2, 0) is 4.79 Å². The van der Waals surface area contributed by atoms with Crippen molar-refractivity contribution in [2.75, 3.05) is 36.5 Å². The minimum atomic E-state index is -0.0751. The van der Waals surface area contributed by atoms with Gasteiger partial charge in [0.2, 0.25) is 5.91 Å². The number of Topliss-reactive ketones (excluding diaryl/α,β-unsaturated/α-hetero) is 1. The van der Waals surface area contributed by atoms with Gasteiger partial charge in [0.15, 0.2) is 17.3 Å². The number of fused-ring (bicyclic) bond motifs is 1. The third-order valence-corrected chi connectivity index (χ3v) is 5.29. The van der Waals surface area contributed by atoms with Crippen molar-refractivity contribution in [3.8, 4) is 11.5 Å². The van der Waals surface area contributed by atoms with Gasteiger partial charge in [0.05, 0.1) is 0 Å². The van der Waals surface area contributed by atoms with Crippen LogP contribution in [0.1, 0.15) is 42.5 Å².